The topological polar surface area (TPSA) is 96.8 Å². The number of carbonyl (C=O) groups excluding carboxylic acids is 3. The molecule has 0 aromatic carbocycles. The number of likely N-dealkylation sites (tertiary alicyclic amines) is 1. The fraction of sp³-hybridized carbons (Fsp3) is 0.700. The molecule has 9 heteroatoms. The molecule has 9 nitrogen and oxygen atoms in total. The zero-order chi connectivity index (χ0) is 21.3. The maximum absolute atomic E-state index is 12.9. The number of ether oxygens (including phenoxy) is 1. The van der Waals surface area contributed by atoms with Crippen LogP contribution in [0.25, 0.3) is 0 Å². The molecule has 1 atom stereocenters. The van der Waals surface area contributed by atoms with Crippen molar-refractivity contribution in [2.24, 2.45) is 0 Å². The van der Waals surface area contributed by atoms with Gasteiger partial charge in [-0.3, -0.25) is 9.36 Å². The summed E-state index contributed by atoms with van der Waals surface area (Å²) in [5, 5.41) is 2.68. The summed E-state index contributed by atoms with van der Waals surface area (Å²) in [5.41, 5.74) is 0.303. The molecule has 160 valence electrons. The number of nitrogens with zero attached hydrogens (tertiary/aromatic N) is 4. The van der Waals surface area contributed by atoms with E-state index >= 15 is 0 Å². The number of aromatic nitrogens is 2. The molecular weight excluding hydrogens is 374 g/mol. The molecule has 3 amide bonds. The molecule has 29 heavy (non-hydrogen) atoms. The van der Waals surface area contributed by atoms with E-state index in [4.69, 9.17) is 4.74 Å². The van der Waals surface area contributed by atoms with E-state index in [1.54, 1.807) is 36.4 Å². The van der Waals surface area contributed by atoms with E-state index < -0.39 is 17.7 Å². The SMILES string of the molecule is CC[C@@H](NC(=O)OC(C)(C)C)C(=O)N1CCC(N2Cc3cnc(C)n3C2=O)CC1. The highest BCUT2D eigenvalue weighted by Crippen LogP contribution is 2.26. The van der Waals surface area contributed by atoms with Crippen LogP contribution in [0.4, 0.5) is 9.59 Å². The minimum Gasteiger partial charge on any atom is -0.444 e. The number of piperidine rings is 1. The molecule has 1 fully saturated rings. The molecule has 1 aromatic heterocycles. The maximum atomic E-state index is 12.9. The van der Waals surface area contributed by atoms with Crippen molar-refractivity contribution in [3.05, 3.63) is 17.7 Å². The molecule has 1 N–H and O–H groups in total. The summed E-state index contributed by atoms with van der Waals surface area (Å²) < 4.78 is 6.93. The Kier molecular flexibility index (Phi) is 5.86. The number of nitrogens with one attached hydrogen (secondary N) is 1. The van der Waals surface area contributed by atoms with Crippen LogP contribution in [0.1, 0.15) is 58.5 Å². The Morgan fingerprint density at radius 3 is 2.52 bits per heavy atom. The Bertz CT molecular complexity index is 789. The lowest BCUT2D eigenvalue weighted by Gasteiger charge is -2.37. The number of imidazole rings is 1. The van der Waals surface area contributed by atoms with Crippen LogP contribution in [0.2, 0.25) is 0 Å². The van der Waals surface area contributed by atoms with Gasteiger partial charge in [-0.05, 0) is 47.0 Å². The summed E-state index contributed by atoms with van der Waals surface area (Å²) in [4.78, 5) is 45.4. The van der Waals surface area contributed by atoms with E-state index in [0.29, 0.717) is 31.9 Å². The third-order valence-corrected chi connectivity index (χ3v) is 5.39. The highest BCUT2D eigenvalue weighted by atomic mass is 16.6. The van der Waals surface area contributed by atoms with E-state index in [1.165, 1.54) is 0 Å². The van der Waals surface area contributed by atoms with Gasteiger partial charge < -0.3 is 19.9 Å². The number of hydrogen-bond acceptors (Lipinski definition) is 5. The zero-order valence-electron chi connectivity index (χ0n) is 17.9. The van der Waals surface area contributed by atoms with Gasteiger partial charge in [0.25, 0.3) is 0 Å². The fourth-order valence-corrected chi connectivity index (χ4v) is 3.93. The standard InChI is InChI=1S/C20H31N5O4/c1-6-16(22-18(27)29-20(3,4)5)17(26)23-9-7-14(8-10-23)24-12-15-11-21-13(2)25(15)19(24)28/h11,14,16H,6-10,12H2,1-5H3,(H,22,27)/t16-/m1/s1. The molecule has 1 aromatic rings. The molecule has 0 aliphatic carbocycles. The van der Waals surface area contributed by atoms with Crippen LogP contribution in [0, 0.1) is 6.92 Å². The Morgan fingerprint density at radius 1 is 1.31 bits per heavy atom. The second kappa shape index (κ2) is 8.04. The first-order valence-corrected chi connectivity index (χ1v) is 10.2. The molecular formula is C20H31N5O4. The van der Waals surface area contributed by atoms with Crippen LogP contribution in [-0.2, 0) is 16.1 Å². The average molecular weight is 405 g/mol. The number of fused-ring (bicyclic) bond motifs is 1. The van der Waals surface area contributed by atoms with Crippen molar-refractivity contribution >= 4 is 18.0 Å². The second-order valence-corrected chi connectivity index (χ2v) is 8.71. The lowest BCUT2D eigenvalue weighted by atomic mass is 10.0. The smallest absolute Gasteiger partial charge is 0.408 e. The van der Waals surface area contributed by atoms with Gasteiger partial charge in [-0.25, -0.2) is 14.6 Å². The van der Waals surface area contributed by atoms with Crippen molar-refractivity contribution < 1.29 is 19.1 Å². The predicted molar refractivity (Wildman–Crippen MR) is 106 cm³/mol. The van der Waals surface area contributed by atoms with Crippen molar-refractivity contribution in [3.63, 3.8) is 0 Å². The quantitative estimate of drug-likeness (QED) is 0.829. The molecule has 0 radical (unpaired) electrons. The molecule has 2 aliphatic rings. The first-order chi connectivity index (χ1) is 13.6. The third-order valence-electron chi connectivity index (χ3n) is 5.39. The number of alkyl carbamates (subject to hydrolysis) is 1. The van der Waals surface area contributed by atoms with Crippen LogP contribution in [0.15, 0.2) is 6.20 Å². The molecule has 0 spiro atoms. The number of aryl methyl sites for hydroxylation is 1. The number of amides is 3. The van der Waals surface area contributed by atoms with Gasteiger partial charge in [-0.2, -0.15) is 0 Å². The molecule has 3 heterocycles. The largest absolute Gasteiger partial charge is 0.444 e. The Hall–Kier alpha value is -2.58. The van der Waals surface area contributed by atoms with Gasteiger partial charge in [0.2, 0.25) is 5.91 Å². The first-order valence-electron chi connectivity index (χ1n) is 10.2. The van der Waals surface area contributed by atoms with Crippen LogP contribution >= 0.6 is 0 Å². The Labute approximate surface area is 171 Å². The summed E-state index contributed by atoms with van der Waals surface area (Å²) in [7, 11) is 0. The van der Waals surface area contributed by atoms with Crippen molar-refractivity contribution in [2.75, 3.05) is 13.1 Å². The minimum absolute atomic E-state index is 0.0298. The van der Waals surface area contributed by atoms with Crippen LogP contribution in [-0.4, -0.2) is 68.2 Å². The Morgan fingerprint density at radius 2 is 1.97 bits per heavy atom. The van der Waals surface area contributed by atoms with Gasteiger partial charge in [-0.15, -0.1) is 0 Å². The lowest BCUT2D eigenvalue weighted by Crippen LogP contribution is -2.53. The molecule has 0 saturated carbocycles. The van der Waals surface area contributed by atoms with Gasteiger partial charge >= 0.3 is 12.1 Å². The summed E-state index contributed by atoms with van der Waals surface area (Å²) in [6.07, 6.45) is 3.10. The van der Waals surface area contributed by atoms with Crippen molar-refractivity contribution in [1.82, 2.24) is 24.7 Å². The molecule has 0 unspecified atom stereocenters. The lowest BCUT2D eigenvalue weighted by molar-refractivity contribution is -0.135. The van der Waals surface area contributed by atoms with Crippen LogP contribution in [0.5, 0.6) is 0 Å². The van der Waals surface area contributed by atoms with Crippen molar-refractivity contribution in [1.29, 1.82) is 0 Å². The number of carbonyl (C=O) groups is 3. The van der Waals surface area contributed by atoms with Crippen molar-refractivity contribution in [2.45, 2.75) is 78.1 Å². The van der Waals surface area contributed by atoms with Gasteiger partial charge in [0.15, 0.2) is 0 Å². The number of rotatable bonds is 4. The van der Waals surface area contributed by atoms with E-state index in [9.17, 15) is 14.4 Å². The van der Waals surface area contributed by atoms with E-state index in [2.05, 4.69) is 10.3 Å². The molecule has 0 bridgehead atoms. The Balaban J connectivity index is 1.54. The molecule has 1 saturated heterocycles. The summed E-state index contributed by atoms with van der Waals surface area (Å²) in [5.74, 6) is 0.606. The van der Waals surface area contributed by atoms with Crippen molar-refractivity contribution in [3.8, 4) is 0 Å². The average Bonchev–Trinajstić information content (AvgIpc) is 3.18. The first kappa shape index (κ1) is 21.1. The van der Waals surface area contributed by atoms with E-state index in [-0.39, 0.29) is 18.0 Å². The predicted octanol–water partition coefficient (Wildman–Crippen LogP) is 2.27. The highest BCUT2D eigenvalue weighted by molar-refractivity contribution is 5.86. The van der Waals surface area contributed by atoms with Gasteiger partial charge in [0.05, 0.1) is 18.4 Å². The molecule has 3 rings (SSSR count). The van der Waals surface area contributed by atoms with Gasteiger partial charge in [-0.1, -0.05) is 6.92 Å². The highest BCUT2D eigenvalue weighted by Gasteiger charge is 2.37. The minimum atomic E-state index is -0.612. The zero-order valence-corrected chi connectivity index (χ0v) is 17.9. The van der Waals surface area contributed by atoms with E-state index in [0.717, 1.165) is 18.5 Å². The van der Waals surface area contributed by atoms with Gasteiger partial charge in [0, 0.05) is 19.1 Å². The van der Waals surface area contributed by atoms with E-state index in [1.807, 2.05) is 18.7 Å². The normalized spacial score (nSPS) is 18.6. The van der Waals surface area contributed by atoms with Crippen LogP contribution in [0.3, 0.4) is 0 Å². The molecule has 2 aliphatic heterocycles. The fourth-order valence-electron chi connectivity index (χ4n) is 3.93. The number of hydrogen-bond donors (Lipinski definition) is 1. The van der Waals surface area contributed by atoms with Gasteiger partial charge in [0.1, 0.15) is 17.5 Å². The third kappa shape index (κ3) is 4.54. The summed E-state index contributed by atoms with van der Waals surface area (Å²) in [6, 6.07) is -0.535. The summed E-state index contributed by atoms with van der Waals surface area (Å²) in [6.45, 7) is 10.7. The second-order valence-electron chi connectivity index (χ2n) is 8.71. The monoisotopic (exact) mass is 405 g/mol. The maximum Gasteiger partial charge on any atom is 0.408 e. The van der Waals surface area contributed by atoms with Crippen LogP contribution < -0.4 is 5.32 Å². The summed E-state index contributed by atoms with van der Waals surface area (Å²) >= 11 is 0.